The van der Waals surface area contributed by atoms with Crippen molar-refractivity contribution in [2.24, 2.45) is 0 Å². The minimum atomic E-state index is -3.92. The van der Waals surface area contributed by atoms with E-state index in [0.717, 1.165) is 6.07 Å². The summed E-state index contributed by atoms with van der Waals surface area (Å²) in [5.74, 6) is -1.31. The Morgan fingerprint density at radius 3 is 2.60 bits per heavy atom. The summed E-state index contributed by atoms with van der Waals surface area (Å²) in [4.78, 5) is 10.8. The molecule has 1 aliphatic heterocycles. The Morgan fingerprint density at radius 1 is 1.35 bits per heavy atom. The number of benzene rings is 1. The maximum atomic E-state index is 12.3. The molecule has 110 valence electrons. The molecule has 20 heavy (non-hydrogen) atoms. The normalized spacial score (nSPS) is 17.0. The highest BCUT2D eigenvalue weighted by Gasteiger charge is 2.26. The number of hydrogen-bond acceptors (Lipinski definition) is 5. The van der Waals surface area contributed by atoms with E-state index in [1.54, 1.807) is 0 Å². The van der Waals surface area contributed by atoms with E-state index >= 15 is 0 Å². The summed E-state index contributed by atoms with van der Waals surface area (Å²) >= 11 is 0. The van der Waals surface area contributed by atoms with Gasteiger partial charge in [-0.15, -0.1) is 0 Å². The van der Waals surface area contributed by atoms with E-state index in [1.165, 1.54) is 12.1 Å². The molecule has 0 radical (unpaired) electrons. The summed E-state index contributed by atoms with van der Waals surface area (Å²) in [5, 5.41) is 9.07. The van der Waals surface area contributed by atoms with Crippen LogP contribution in [0.2, 0.25) is 0 Å². The summed E-state index contributed by atoms with van der Waals surface area (Å²) < 4.78 is 32.3. The van der Waals surface area contributed by atoms with Crippen molar-refractivity contribution in [1.82, 2.24) is 4.72 Å². The molecule has 1 fully saturated rings. The Bertz CT molecular complexity index is 608. The number of rotatable bonds is 4. The molecular weight excluding hydrogens is 284 g/mol. The van der Waals surface area contributed by atoms with Crippen LogP contribution in [-0.4, -0.2) is 38.7 Å². The average Bonchev–Trinajstić information content (AvgIpc) is 2.39. The molecule has 1 aromatic rings. The molecule has 0 aromatic heterocycles. The zero-order valence-electron chi connectivity index (χ0n) is 10.7. The van der Waals surface area contributed by atoms with Gasteiger partial charge in [0.15, 0.2) is 0 Å². The number of carboxylic acids is 1. The molecule has 1 heterocycles. The van der Waals surface area contributed by atoms with E-state index in [1.807, 2.05) is 0 Å². The number of nitrogens with one attached hydrogen (secondary N) is 1. The van der Waals surface area contributed by atoms with Gasteiger partial charge in [0.2, 0.25) is 10.0 Å². The highest BCUT2D eigenvalue weighted by molar-refractivity contribution is 7.89. The topological polar surface area (TPSA) is 119 Å². The molecule has 8 heteroatoms. The Balaban J connectivity index is 2.32. The summed E-state index contributed by atoms with van der Waals surface area (Å²) in [6.45, 7) is 0.964. The van der Waals surface area contributed by atoms with Crippen LogP contribution >= 0.6 is 0 Å². The lowest BCUT2D eigenvalue weighted by molar-refractivity contribution is 0.0692. The summed E-state index contributed by atoms with van der Waals surface area (Å²) in [5.41, 5.74) is 5.46. The molecule has 0 aliphatic carbocycles. The fraction of sp³-hybridized carbons (Fsp3) is 0.417. The lowest BCUT2D eigenvalue weighted by Crippen LogP contribution is -2.39. The number of nitrogen functional groups attached to an aromatic ring is 1. The van der Waals surface area contributed by atoms with Crippen LogP contribution in [0.3, 0.4) is 0 Å². The first-order chi connectivity index (χ1) is 9.40. The molecule has 1 saturated heterocycles. The van der Waals surface area contributed by atoms with Crippen LogP contribution in [-0.2, 0) is 14.8 Å². The Morgan fingerprint density at radius 2 is 2.00 bits per heavy atom. The van der Waals surface area contributed by atoms with Crippen LogP contribution in [0.4, 0.5) is 5.69 Å². The molecule has 1 aromatic carbocycles. The zero-order valence-corrected chi connectivity index (χ0v) is 11.5. The highest BCUT2D eigenvalue weighted by atomic mass is 32.2. The van der Waals surface area contributed by atoms with Crippen LogP contribution in [0.15, 0.2) is 23.1 Å². The number of aromatic carboxylic acids is 1. The number of carboxylic acid groups (broad SMARTS) is 1. The number of anilines is 1. The lowest BCUT2D eigenvalue weighted by Gasteiger charge is -2.23. The van der Waals surface area contributed by atoms with Crippen molar-refractivity contribution in [2.45, 2.75) is 23.8 Å². The third-order valence-electron chi connectivity index (χ3n) is 3.07. The van der Waals surface area contributed by atoms with Gasteiger partial charge in [0, 0.05) is 24.9 Å². The van der Waals surface area contributed by atoms with Crippen LogP contribution < -0.4 is 10.5 Å². The van der Waals surface area contributed by atoms with Crippen LogP contribution in [0.25, 0.3) is 0 Å². The quantitative estimate of drug-likeness (QED) is 0.694. The second-order valence-electron chi connectivity index (χ2n) is 4.57. The van der Waals surface area contributed by atoms with Crippen LogP contribution in [0.1, 0.15) is 23.2 Å². The fourth-order valence-corrected chi connectivity index (χ4v) is 3.57. The van der Waals surface area contributed by atoms with Crippen molar-refractivity contribution in [3.8, 4) is 0 Å². The second-order valence-corrected chi connectivity index (χ2v) is 6.25. The van der Waals surface area contributed by atoms with Crippen LogP contribution in [0, 0.1) is 0 Å². The second kappa shape index (κ2) is 5.78. The number of hydrogen-bond donors (Lipinski definition) is 3. The molecular formula is C12H16N2O5S. The van der Waals surface area contributed by atoms with Gasteiger partial charge in [0.25, 0.3) is 0 Å². The van der Waals surface area contributed by atoms with Gasteiger partial charge in [-0.25, -0.2) is 17.9 Å². The maximum Gasteiger partial charge on any atom is 0.337 e. The molecule has 4 N–H and O–H groups in total. The standard InChI is InChI=1S/C12H16N2O5S/c13-8-1-2-10(12(15)16)11(7-8)20(17,18)14-9-3-5-19-6-4-9/h1-2,7,9,14H,3-6,13H2,(H,15,16). The van der Waals surface area contributed by atoms with Gasteiger partial charge in [0.05, 0.1) is 10.5 Å². The van der Waals surface area contributed by atoms with E-state index in [4.69, 9.17) is 15.6 Å². The van der Waals surface area contributed by atoms with Crippen molar-refractivity contribution < 1.29 is 23.1 Å². The van der Waals surface area contributed by atoms with Gasteiger partial charge < -0.3 is 15.6 Å². The number of carbonyl (C=O) groups is 1. The van der Waals surface area contributed by atoms with E-state index < -0.39 is 16.0 Å². The monoisotopic (exact) mass is 300 g/mol. The molecule has 0 bridgehead atoms. The van der Waals surface area contributed by atoms with Gasteiger partial charge in [-0.1, -0.05) is 0 Å². The zero-order chi connectivity index (χ0) is 14.8. The van der Waals surface area contributed by atoms with Gasteiger partial charge in [0.1, 0.15) is 0 Å². The summed E-state index contributed by atoms with van der Waals surface area (Å²) in [7, 11) is -3.92. The Labute approximate surface area is 116 Å². The first-order valence-corrected chi connectivity index (χ1v) is 7.61. The average molecular weight is 300 g/mol. The van der Waals surface area contributed by atoms with Crippen molar-refractivity contribution in [3.63, 3.8) is 0 Å². The SMILES string of the molecule is Nc1ccc(C(=O)O)c(S(=O)(=O)NC2CCOCC2)c1. The first kappa shape index (κ1) is 14.8. The van der Waals surface area contributed by atoms with Crippen molar-refractivity contribution in [3.05, 3.63) is 23.8 Å². The first-order valence-electron chi connectivity index (χ1n) is 6.13. The number of nitrogens with two attached hydrogens (primary N) is 1. The predicted molar refractivity (Wildman–Crippen MR) is 72.0 cm³/mol. The fourth-order valence-electron chi connectivity index (χ4n) is 2.04. The van der Waals surface area contributed by atoms with Crippen molar-refractivity contribution in [2.75, 3.05) is 18.9 Å². The maximum absolute atomic E-state index is 12.3. The molecule has 0 saturated carbocycles. The Kier molecular flexibility index (Phi) is 4.26. The molecule has 0 unspecified atom stereocenters. The minimum absolute atomic E-state index is 0.197. The Hall–Kier alpha value is -1.64. The minimum Gasteiger partial charge on any atom is -0.478 e. The van der Waals surface area contributed by atoms with Gasteiger partial charge >= 0.3 is 5.97 Å². The third kappa shape index (κ3) is 3.27. The molecule has 1 aliphatic rings. The summed E-state index contributed by atoms with van der Waals surface area (Å²) in [6.07, 6.45) is 1.12. The van der Waals surface area contributed by atoms with E-state index in [-0.39, 0.29) is 22.2 Å². The van der Waals surface area contributed by atoms with Gasteiger partial charge in [-0.3, -0.25) is 0 Å². The molecule has 0 atom stereocenters. The molecule has 0 spiro atoms. The van der Waals surface area contributed by atoms with Gasteiger partial charge in [-0.2, -0.15) is 0 Å². The molecule has 2 rings (SSSR count). The largest absolute Gasteiger partial charge is 0.478 e. The van der Waals surface area contributed by atoms with Crippen molar-refractivity contribution >= 4 is 21.7 Å². The third-order valence-corrected chi connectivity index (χ3v) is 4.63. The van der Waals surface area contributed by atoms with E-state index in [2.05, 4.69) is 4.72 Å². The smallest absolute Gasteiger partial charge is 0.337 e. The molecule has 0 amide bonds. The highest BCUT2D eigenvalue weighted by Crippen LogP contribution is 2.20. The van der Waals surface area contributed by atoms with Crippen LogP contribution in [0.5, 0.6) is 0 Å². The lowest BCUT2D eigenvalue weighted by atomic mass is 10.1. The number of ether oxygens (including phenoxy) is 1. The van der Waals surface area contributed by atoms with E-state index in [0.29, 0.717) is 26.1 Å². The predicted octanol–water partition coefficient (Wildman–Crippen LogP) is 0.424. The van der Waals surface area contributed by atoms with Gasteiger partial charge in [-0.05, 0) is 31.0 Å². The summed E-state index contributed by atoms with van der Waals surface area (Å²) in [6, 6.07) is 3.45. The van der Waals surface area contributed by atoms with E-state index in [9.17, 15) is 13.2 Å². The molecule has 7 nitrogen and oxygen atoms in total. The number of sulfonamides is 1. The van der Waals surface area contributed by atoms with Crippen molar-refractivity contribution in [1.29, 1.82) is 0 Å².